The van der Waals surface area contributed by atoms with E-state index in [0.717, 1.165) is 4.90 Å². The number of likely N-dealkylation sites (N-methyl/N-ethyl adjacent to an activating group) is 1. The molecule has 0 saturated carbocycles. The number of nitrogens with one attached hydrogen (secondary N) is 1. The number of carbonyl (C=O) groups is 2. The Labute approximate surface area is 179 Å². The van der Waals surface area contributed by atoms with Gasteiger partial charge in [0, 0.05) is 34.1 Å². The molecule has 0 spiro atoms. The molecule has 0 aliphatic carbocycles. The summed E-state index contributed by atoms with van der Waals surface area (Å²) in [5.74, 6) is -1.57. The van der Waals surface area contributed by atoms with Gasteiger partial charge >= 0.3 is 0 Å². The van der Waals surface area contributed by atoms with E-state index in [2.05, 4.69) is 4.98 Å². The highest BCUT2D eigenvalue weighted by Gasteiger charge is 2.47. The highest BCUT2D eigenvalue weighted by atomic mass is 16.7. The number of carbonyl (C=O) groups excluding carboxylic acids is 2. The second-order valence-electron chi connectivity index (χ2n) is 6.89. The molecule has 29 heavy (non-hydrogen) atoms. The number of para-hydroxylation sites is 1. The van der Waals surface area contributed by atoms with Crippen LogP contribution in [0, 0.1) is 0 Å². The molecule has 0 bridgehead atoms. The number of ether oxygens (including phenoxy) is 2. The lowest BCUT2D eigenvalue weighted by Crippen LogP contribution is -2.62. The van der Waals surface area contributed by atoms with Crippen LogP contribution in [-0.4, -0.2) is 52.9 Å². The van der Waals surface area contributed by atoms with Gasteiger partial charge in [-0.1, -0.05) is 24.2 Å². The quantitative estimate of drug-likeness (QED) is 0.682. The van der Waals surface area contributed by atoms with Crippen molar-refractivity contribution in [2.45, 2.75) is 18.5 Å². The minimum atomic E-state index is -3.03. The molecule has 0 unspecified atom stereocenters. The second-order valence-corrected chi connectivity index (χ2v) is 6.89. The maximum atomic E-state index is 13.6. The van der Waals surface area contributed by atoms with Gasteiger partial charge in [0.25, 0.3) is 0 Å². The maximum absolute atomic E-state index is 13.6. The van der Waals surface area contributed by atoms with Gasteiger partial charge in [0.15, 0.2) is 11.5 Å². The predicted molar refractivity (Wildman–Crippen MR) is 105 cm³/mol. The lowest BCUT2D eigenvalue weighted by Gasteiger charge is -2.46. The molecule has 6 rings (SSSR count). The Hall–Kier alpha value is -3.48. The van der Waals surface area contributed by atoms with Crippen LogP contribution < -0.4 is 9.47 Å². The van der Waals surface area contributed by atoms with Crippen LogP contribution in [0.25, 0.3) is 10.9 Å². The maximum Gasteiger partial charge on any atom is 0.245 e. The van der Waals surface area contributed by atoms with Crippen LogP contribution in [-0.2, 0) is 16.0 Å². The first-order chi connectivity index (χ1) is 17.7. The van der Waals surface area contributed by atoms with E-state index < -0.39 is 68.0 Å². The topological polar surface area (TPSA) is 74.9 Å². The molecule has 7 heteroatoms. The number of benzene rings is 2. The lowest BCUT2D eigenvalue weighted by atomic mass is 9.86. The Morgan fingerprint density at radius 1 is 1.24 bits per heavy atom. The fourth-order valence-corrected chi connectivity index (χ4v) is 4.03. The van der Waals surface area contributed by atoms with Gasteiger partial charge in [-0.25, -0.2) is 0 Å². The molecule has 1 fully saturated rings. The van der Waals surface area contributed by atoms with Crippen molar-refractivity contribution in [1.29, 1.82) is 0 Å². The molecule has 3 aliphatic rings. The third-order valence-corrected chi connectivity index (χ3v) is 5.30. The van der Waals surface area contributed by atoms with Crippen LogP contribution in [0.4, 0.5) is 0 Å². The van der Waals surface area contributed by atoms with Crippen LogP contribution in [0.5, 0.6) is 11.5 Å². The van der Waals surface area contributed by atoms with Gasteiger partial charge in [0.1, 0.15) is 6.02 Å². The molecular formula is C22H19N3O4. The second kappa shape index (κ2) is 5.76. The summed E-state index contributed by atoms with van der Waals surface area (Å²) in [6, 6.07) is -2.56. The number of nitrogens with zero attached hydrogens (tertiary/aromatic N) is 2. The lowest BCUT2D eigenvalue weighted by molar-refractivity contribution is -0.157. The number of fused-ring (bicyclic) bond motifs is 5. The van der Waals surface area contributed by atoms with Gasteiger partial charge < -0.3 is 24.3 Å². The Bertz CT molecular complexity index is 1590. The Morgan fingerprint density at radius 2 is 2.10 bits per heavy atom. The average molecular weight is 398 g/mol. The monoisotopic (exact) mass is 398 g/mol. The molecule has 4 heterocycles. The summed E-state index contributed by atoms with van der Waals surface area (Å²) < 4.78 is 86.1. The fourth-order valence-electron chi connectivity index (χ4n) is 4.03. The highest BCUT2D eigenvalue weighted by Crippen LogP contribution is 2.44. The minimum absolute atomic E-state index is 0.0373. The summed E-state index contributed by atoms with van der Waals surface area (Å²) in [5, 5.41) is -0.0408. The molecule has 3 aromatic rings. The van der Waals surface area contributed by atoms with Crippen LogP contribution >= 0.6 is 0 Å². The summed E-state index contributed by atoms with van der Waals surface area (Å²) in [7, 11) is 0. The largest absolute Gasteiger partial charge is 0.454 e. The summed E-state index contributed by atoms with van der Waals surface area (Å²) in [5.41, 5.74) is 0.0168. The molecule has 3 aliphatic heterocycles. The number of aromatic amines is 1. The molecule has 1 aromatic heterocycles. The van der Waals surface area contributed by atoms with Crippen LogP contribution in [0.3, 0.4) is 0 Å². The van der Waals surface area contributed by atoms with E-state index in [-0.39, 0.29) is 40.3 Å². The van der Waals surface area contributed by atoms with Crippen LogP contribution in [0.2, 0.25) is 0 Å². The van der Waals surface area contributed by atoms with E-state index in [1.165, 1.54) is 18.2 Å². The SMILES string of the molecule is [2H]c1c([2H])c([2H])c2c3c([nH]c2c1[2H])[C@@]([2H])(c1ccc2c(c1)OCO2)N1C(=O)CN(C([2H])([2H])[2H])C(=O)[C@@]1([2H])C3. The Morgan fingerprint density at radius 3 is 3.00 bits per heavy atom. The first kappa shape index (κ1) is 9.82. The van der Waals surface area contributed by atoms with Crippen molar-refractivity contribution in [3.63, 3.8) is 0 Å². The third kappa shape index (κ3) is 2.24. The van der Waals surface area contributed by atoms with E-state index >= 15 is 0 Å². The van der Waals surface area contributed by atoms with E-state index in [9.17, 15) is 12.3 Å². The standard InChI is InChI=1S/C22H19N3O4/c1-24-10-19(26)25-16(22(24)27)9-14-13-4-2-3-5-15(13)23-20(14)21(25)12-6-7-17-18(8-12)29-11-28-17/h2-8,16,21,23H,9-11H2,1H3/t16-,21-/m1/s1/i1D3,2D,3D,4D,5D,16D,21D. The van der Waals surface area contributed by atoms with E-state index in [1.54, 1.807) is 0 Å². The zero-order chi connectivity index (χ0) is 27.5. The van der Waals surface area contributed by atoms with Gasteiger partial charge in [0.05, 0.1) is 20.8 Å². The normalized spacial score (nSPS) is 32.8. The molecular weight excluding hydrogens is 370 g/mol. The van der Waals surface area contributed by atoms with Crippen molar-refractivity contribution < 1.29 is 31.4 Å². The number of amides is 2. The zero-order valence-electron chi connectivity index (χ0n) is 23.9. The minimum Gasteiger partial charge on any atom is -0.454 e. The van der Waals surface area contributed by atoms with Crippen molar-refractivity contribution >= 4 is 22.7 Å². The van der Waals surface area contributed by atoms with Crippen molar-refractivity contribution in [2.24, 2.45) is 0 Å². The van der Waals surface area contributed by atoms with Gasteiger partial charge in [0.2, 0.25) is 18.6 Å². The average Bonchev–Trinajstić information content (AvgIpc) is 3.47. The number of hydrogen-bond acceptors (Lipinski definition) is 4. The molecule has 1 saturated heterocycles. The number of aromatic nitrogens is 1. The molecule has 2 atom stereocenters. The molecule has 2 amide bonds. The number of hydrogen-bond donors (Lipinski definition) is 1. The Kier molecular flexibility index (Phi) is 1.95. The van der Waals surface area contributed by atoms with Crippen molar-refractivity contribution in [1.82, 2.24) is 14.8 Å². The number of piperazine rings is 1. The summed E-state index contributed by atoms with van der Waals surface area (Å²) in [6.45, 7) is -4.00. The summed E-state index contributed by atoms with van der Waals surface area (Å²) in [4.78, 5) is 31.1. The van der Waals surface area contributed by atoms with E-state index in [1.807, 2.05) is 0 Å². The first-order valence-corrected chi connectivity index (χ1v) is 8.88. The summed E-state index contributed by atoms with van der Waals surface area (Å²) in [6.07, 6.45) is -0.604. The molecule has 2 aromatic carbocycles. The van der Waals surface area contributed by atoms with Crippen molar-refractivity contribution in [3.8, 4) is 11.5 Å². The van der Waals surface area contributed by atoms with Gasteiger partial charge in [-0.15, -0.1) is 0 Å². The number of H-pyrrole nitrogens is 1. The zero-order valence-corrected chi connectivity index (χ0v) is 14.9. The smallest absolute Gasteiger partial charge is 0.245 e. The van der Waals surface area contributed by atoms with E-state index in [4.69, 9.17) is 19.1 Å². The van der Waals surface area contributed by atoms with Gasteiger partial charge in [-0.3, -0.25) is 9.59 Å². The van der Waals surface area contributed by atoms with E-state index in [0.29, 0.717) is 10.6 Å². The van der Waals surface area contributed by atoms with Gasteiger partial charge in [-0.2, -0.15) is 0 Å². The summed E-state index contributed by atoms with van der Waals surface area (Å²) >= 11 is 0. The first-order valence-electron chi connectivity index (χ1n) is 13.4. The van der Waals surface area contributed by atoms with Gasteiger partial charge in [-0.05, 0) is 29.3 Å². The Balaban J connectivity index is 1.71. The molecule has 7 nitrogen and oxygen atoms in total. The molecule has 1 N–H and O–H groups in total. The predicted octanol–water partition coefficient (Wildman–Crippen LogP) is 2.21. The molecule has 0 radical (unpaired) electrons. The van der Waals surface area contributed by atoms with Crippen molar-refractivity contribution in [3.05, 3.63) is 59.2 Å². The third-order valence-electron chi connectivity index (χ3n) is 5.30. The number of rotatable bonds is 1. The van der Waals surface area contributed by atoms with Crippen LogP contribution in [0.15, 0.2) is 42.4 Å². The van der Waals surface area contributed by atoms with Crippen LogP contribution in [0.1, 0.15) is 35.2 Å². The van der Waals surface area contributed by atoms with Crippen molar-refractivity contribution in [2.75, 3.05) is 20.3 Å². The highest BCUT2D eigenvalue weighted by molar-refractivity contribution is 5.97. The fraction of sp³-hybridized carbons (Fsp3) is 0.273. The molecule has 146 valence electrons.